The average Bonchev–Trinajstić information content (AvgIpc) is 4.10. The Morgan fingerprint density at radius 2 is 0.450 bits per heavy atom. The van der Waals surface area contributed by atoms with Gasteiger partial charge in [-0.3, -0.25) is 0 Å². The second kappa shape index (κ2) is 16.6. The number of carboxylic acid groups (broad SMARTS) is 4. The molecule has 0 radical (unpaired) electrons. The molecule has 8 unspecified atom stereocenters. The third-order valence-corrected chi connectivity index (χ3v) is 14.5. The van der Waals surface area contributed by atoms with Crippen LogP contribution in [0, 0.1) is 0 Å². The molecule has 5 aliphatic heterocycles. The molecule has 0 amide bonds. The highest BCUT2D eigenvalue weighted by molar-refractivity contribution is 5.89. The van der Waals surface area contributed by atoms with Gasteiger partial charge in [-0.15, -0.1) is 0 Å². The molecule has 8 bridgehead atoms. The van der Waals surface area contributed by atoms with Gasteiger partial charge in [-0.25, -0.2) is 19.2 Å². The van der Waals surface area contributed by atoms with Crippen molar-refractivity contribution in [1.82, 2.24) is 21.3 Å². The molecule has 5 heterocycles. The van der Waals surface area contributed by atoms with Crippen LogP contribution in [0.3, 0.4) is 0 Å². The molecule has 4 aromatic rings. The highest BCUT2D eigenvalue weighted by atomic mass is 16.4. The number of carbonyl (C=O) groups is 4. The van der Waals surface area contributed by atoms with E-state index in [1.807, 2.05) is 48.5 Å². The first-order valence-corrected chi connectivity index (χ1v) is 21.4. The van der Waals surface area contributed by atoms with Crippen LogP contribution in [0.4, 0.5) is 0 Å². The first kappa shape index (κ1) is 40.0. The molecule has 5 saturated heterocycles. The number of aromatic carboxylic acids is 4. The van der Waals surface area contributed by atoms with E-state index in [4.69, 9.17) is 0 Å². The molecule has 5 fully saturated rings. The second-order valence-corrected chi connectivity index (χ2v) is 17.6. The summed E-state index contributed by atoms with van der Waals surface area (Å²) in [6, 6.07) is 30.0. The summed E-state index contributed by atoms with van der Waals surface area (Å²) in [6.45, 7) is 0. The van der Waals surface area contributed by atoms with Crippen molar-refractivity contribution in [2.45, 2.75) is 123 Å². The lowest BCUT2D eigenvalue weighted by Gasteiger charge is -2.37. The maximum Gasteiger partial charge on any atom is 0.335 e. The van der Waals surface area contributed by atoms with Gasteiger partial charge >= 0.3 is 23.9 Å². The van der Waals surface area contributed by atoms with Crippen molar-refractivity contribution in [2.24, 2.45) is 0 Å². The van der Waals surface area contributed by atoms with Gasteiger partial charge in [0.05, 0.1) is 22.3 Å². The normalized spacial score (nSPS) is 32.4. The number of carboxylic acids is 4. The molecule has 9 rings (SSSR count). The van der Waals surface area contributed by atoms with Crippen molar-refractivity contribution in [1.29, 1.82) is 0 Å². The number of hydrogen-bond acceptors (Lipinski definition) is 8. The summed E-state index contributed by atoms with van der Waals surface area (Å²) < 4.78 is 0. The zero-order chi connectivity index (χ0) is 41.7. The minimum absolute atomic E-state index is 0.0348. The maximum absolute atomic E-state index is 11.9. The van der Waals surface area contributed by atoms with Gasteiger partial charge in [0, 0.05) is 72.0 Å². The van der Waals surface area contributed by atoms with E-state index in [0.717, 1.165) is 73.6 Å². The Kier molecular flexibility index (Phi) is 11.1. The molecule has 312 valence electrons. The van der Waals surface area contributed by atoms with Crippen molar-refractivity contribution in [3.05, 3.63) is 142 Å². The Balaban J connectivity index is 1.14. The minimum atomic E-state index is -0.963. The van der Waals surface area contributed by atoms with Crippen LogP contribution in [-0.4, -0.2) is 92.6 Å². The lowest BCUT2D eigenvalue weighted by molar-refractivity contribution is 0.0686. The van der Waals surface area contributed by atoms with E-state index in [-0.39, 0.29) is 94.3 Å². The summed E-state index contributed by atoms with van der Waals surface area (Å²) in [5, 5.41) is 55.5. The number of rotatable bonds is 8. The van der Waals surface area contributed by atoms with Crippen molar-refractivity contribution < 1.29 is 39.6 Å². The van der Waals surface area contributed by atoms with Gasteiger partial charge in [0.15, 0.2) is 0 Å². The highest BCUT2D eigenvalue weighted by Gasteiger charge is 2.49. The predicted molar refractivity (Wildman–Crippen MR) is 224 cm³/mol. The SMILES string of the molecule is O=C(O)c1ccc(C2C3CCC(N3)C(c3ccc(C(=O)O)cc3)C3CCC(N3)C(c3ccc(C(=O)O)cc3)C3CCC(N3)C(c3ccc(C(=O)O)cc3)C3CCC2N3)cc1. The number of benzene rings is 4. The molecule has 0 saturated carbocycles. The number of fused-ring (bicyclic) bond motifs is 8. The van der Waals surface area contributed by atoms with Crippen LogP contribution in [0.2, 0.25) is 0 Å². The first-order chi connectivity index (χ1) is 29.0. The number of nitrogens with one attached hydrogen (secondary N) is 4. The van der Waals surface area contributed by atoms with E-state index >= 15 is 0 Å². The predicted octanol–water partition coefficient (Wildman–Crippen LogP) is 6.41. The summed E-state index contributed by atoms with van der Waals surface area (Å²) in [4.78, 5) is 47.6. The molecule has 0 aromatic heterocycles. The Hall–Kier alpha value is -5.40. The molecule has 8 atom stereocenters. The van der Waals surface area contributed by atoms with E-state index in [9.17, 15) is 39.6 Å². The molecule has 12 nitrogen and oxygen atoms in total. The Morgan fingerprint density at radius 1 is 0.300 bits per heavy atom. The van der Waals surface area contributed by atoms with Gasteiger partial charge < -0.3 is 41.7 Å². The summed E-state index contributed by atoms with van der Waals surface area (Å²) in [6.07, 6.45) is 7.25. The minimum Gasteiger partial charge on any atom is -0.478 e. The quantitative estimate of drug-likeness (QED) is 0.0975. The highest BCUT2D eigenvalue weighted by Crippen LogP contribution is 2.46. The largest absolute Gasteiger partial charge is 0.478 e. The van der Waals surface area contributed by atoms with Gasteiger partial charge in [0.25, 0.3) is 0 Å². The van der Waals surface area contributed by atoms with Gasteiger partial charge in [-0.2, -0.15) is 0 Å². The standard InChI is InChI=1S/C48H52N4O8/c53-45(54)29-9-1-25(2-10-29)41-33-17-19-35(49-33)42(26-3-11-30(12-4-26)46(55)56)37-21-23-39(51-37)44(28-7-15-32(16-8-28)48(59)60)40-24-22-38(52-40)43(36-20-18-34(41)50-36)27-5-13-31(14-6-27)47(57)58/h1-16,33-44,49-52H,17-24H2,(H,53,54)(H,55,56)(H,57,58)(H,59,60). The maximum atomic E-state index is 11.9. The smallest absolute Gasteiger partial charge is 0.335 e. The summed E-state index contributed by atoms with van der Waals surface area (Å²) in [7, 11) is 0. The Morgan fingerprint density at radius 3 is 0.583 bits per heavy atom. The Labute approximate surface area is 348 Å². The fourth-order valence-electron chi connectivity index (χ4n) is 11.8. The van der Waals surface area contributed by atoms with Gasteiger partial charge in [-0.1, -0.05) is 48.5 Å². The van der Waals surface area contributed by atoms with Crippen molar-refractivity contribution in [3.8, 4) is 0 Å². The van der Waals surface area contributed by atoms with Crippen LogP contribution in [0.5, 0.6) is 0 Å². The molecule has 60 heavy (non-hydrogen) atoms. The monoisotopic (exact) mass is 812 g/mol. The zero-order valence-electron chi connectivity index (χ0n) is 33.2. The molecule has 5 aliphatic rings. The molecule has 0 aliphatic carbocycles. The third-order valence-electron chi connectivity index (χ3n) is 14.5. The van der Waals surface area contributed by atoms with Crippen LogP contribution < -0.4 is 21.3 Å². The van der Waals surface area contributed by atoms with Crippen LogP contribution in [-0.2, 0) is 0 Å². The van der Waals surface area contributed by atoms with Gasteiger partial charge in [0.1, 0.15) is 0 Å². The molecular formula is C48H52N4O8. The molecular weight excluding hydrogens is 761 g/mol. The fourth-order valence-corrected chi connectivity index (χ4v) is 11.8. The molecule has 4 aromatic carbocycles. The van der Waals surface area contributed by atoms with Crippen LogP contribution in [0.1, 0.15) is 139 Å². The van der Waals surface area contributed by atoms with Crippen LogP contribution >= 0.6 is 0 Å². The lowest BCUT2D eigenvalue weighted by Crippen LogP contribution is -2.51. The Bertz CT molecular complexity index is 1870. The first-order valence-electron chi connectivity index (χ1n) is 21.4. The molecule has 0 spiro atoms. The van der Waals surface area contributed by atoms with Crippen LogP contribution in [0.15, 0.2) is 97.1 Å². The van der Waals surface area contributed by atoms with Crippen molar-refractivity contribution >= 4 is 23.9 Å². The van der Waals surface area contributed by atoms with E-state index < -0.39 is 23.9 Å². The fraction of sp³-hybridized carbons (Fsp3) is 0.417. The average molecular weight is 813 g/mol. The second-order valence-electron chi connectivity index (χ2n) is 17.6. The van der Waals surface area contributed by atoms with E-state index in [2.05, 4.69) is 21.3 Å². The van der Waals surface area contributed by atoms with Gasteiger partial charge in [-0.05, 0) is 122 Å². The van der Waals surface area contributed by atoms with Gasteiger partial charge in [0.2, 0.25) is 0 Å². The lowest BCUT2D eigenvalue weighted by atomic mass is 9.82. The number of hydrogen-bond donors (Lipinski definition) is 8. The molecule has 12 heteroatoms. The summed E-state index contributed by atoms with van der Waals surface area (Å²) in [5.41, 5.74) is 5.31. The zero-order valence-corrected chi connectivity index (χ0v) is 33.2. The van der Waals surface area contributed by atoms with Crippen molar-refractivity contribution in [3.63, 3.8) is 0 Å². The van der Waals surface area contributed by atoms with Crippen molar-refractivity contribution in [2.75, 3.05) is 0 Å². The summed E-state index contributed by atoms with van der Waals surface area (Å²) in [5.74, 6) is -3.71. The van der Waals surface area contributed by atoms with E-state index in [0.29, 0.717) is 0 Å². The third kappa shape index (κ3) is 7.73. The topological polar surface area (TPSA) is 197 Å². The summed E-state index contributed by atoms with van der Waals surface area (Å²) >= 11 is 0. The van der Waals surface area contributed by atoms with E-state index in [1.54, 1.807) is 48.5 Å². The van der Waals surface area contributed by atoms with E-state index in [1.165, 1.54) is 0 Å². The van der Waals surface area contributed by atoms with Crippen LogP contribution in [0.25, 0.3) is 0 Å². The molecule has 8 N–H and O–H groups in total.